The lowest BCUT2D eigenvalue weighted by molar-refractivity contribution is 0.0697. The van der Waals surface area contributed by atoms with E-state index >= 15 is 0 Å². The molecule has 0 saturated carbocycles. The first-order valence-electron chi connectivity index (χ1n) is 5.89. The Hall–Kier alpha value is -2.33. The lowest BCUT2D eigenvalue weighted by atomic mass is 10.1. The highest BCUT2D eigenvalue weighted by Crippen LogP contribution is 2.21. The second-order valence-corrected chi connectivity index (χ2v) is 4.68. The van der Waals surface area contributed by atoms with E-state index in [9.17, 15) is 9.59 Å². The Bertz CT molecular complexity index is 683. The van der Waals surface area contributed by atoms with Crippen LogP contribution in [0.2, 0.25) is 5.02 Å². The van der Waals surface area contributed by atoms with Crippen LogP contribution in [0.4, 0.5) is 5.69 Å². The number of carboxylic acid groups (broad SMARTS) is 1. The van der Waals surface area contributed by atoms with E-state index in [1.165, 1.54) is 18.2 Å². The molecule has 0 saturated heterocycles. The van der Waals surface area contributed by atoms with Crippen LogP contribution in [0.5, 0.6) is 0 Å². The average Bonchev–Trinajstić information content (AvgIpc) is 2.38. The highest BCUT2D eigenvalue weighted by atomic mass is 35.5. The second-order valence-electron chi connectivity index (χ2n) is 4.27. The van der Waals surface area contributed by atoms with Gasteiger partial charge in [0.25, 0.3) is 5.91 Å². The highest BCUT2D eigenvalue weighted by Gasteiger charge is 2.12. The number of anilines is 1. The van der Waals surface area contributed by atoms with E-state index in [1.54, 1.807) is 12.1 Å². The Labute approximate surface area is 121 Å². The van der Waals surface area contributed by atoms with Crippen molar-refractivity contribution >= 4 is 29.2 Å². The predicted molar refractivity (Wildman–Crippen MR) is 77.5 cm³/mol. The van der Waals surface area contributed by atoms with Crippen molar-refractivity contribution in [3.8, 4) is 0 Å². The minimum absolute atomic E-state index is 0.000516. The SMILES string of the molecule is Cc1ccccc1C(=O)Nc1ccc(C(=O)O)c(Cl)c1. The summed E-state index contributed by atoms with van der Waals surface area (Å²) in [7, 11) is 0. The molecular weight excluding hydrogens is 278 g/mol. The minimum atomic E-state index is -1.10. The van der Waals surface area contributed by atoms with Crippen molar-refractivity contribution in [2.75, 3.05) is 5.32 Å². The summed E-state index contributed by atoms with van der Waals surface area (Å²) in [4.78, 5) is 22.9. The van der Waals surface area contributed by atoms with Gasteiger partial charge in [0.1, 0.15) is 0 Å². The third-order valence-electron chi connectivity index (χ3n) is 2.85. The van der Waals surface area contributed by atoms with E-state index in [4.69, 9.17) is 16.7 Å². The lowest BCUT2D eigenvalue weighted by Crippen LogP contribution is -2.13. The van der Waals surface area contributed by atoms with E-state index < -0.39 is 5.97 Å². The van der Waals surface area contributed by atoms with Gasteiger partial charge in [-0.1, -0.05) is 29.8 Å². The van der Waals surface area contributed by atoms with Gasteiger partial charge < -0.3 is 10.4 Å². The largest absolute Gasteiger partial charge is 0.478 e. The third-order valence-corrected chi connectivity index (χ3v) is 3.16. The molecule has 5 heteroatoms. The van der Waals surface area contributed by atoms with Crippen molar-refractivity contribution in [2.45, 2.75) is 6.92 Å². The summed E-state index contributed by atoms with van der Waals surface area (Å²) in [6.45, 7) is 1.84. The molecule has 2 aromatic carbocycles. The zero-order chi connectivity index (χ0) is 14.7. The molecule has 0 aliphatic carbocycles. The van der Waals surface area contributed by atoms with Crippen LogP contribution in [-0.4, -0.2) is 17.0 Å². The number of amides is 1. The Morgan fingerprint density at radius 2 is 1.80 bits per heavy atom. The zero-order valence-electron chi connectivity index (χ0n) is 10.7. The Morgan fingerprint density at radius 1 is 1.10 bits per heavy atom. The van der Waals surface area contributed by atoms with Crippen molar-refractivity contribution < 1.29 is 14.7 Å². The number of nitrogens with one attached hydrogen (secondary N) is 1. The summed E-state index contributed by atoms with van der Waals surface area (Å²) in [6, 6.07) is 11.5. The predicted octanol–water partition coefficient (Wildman–Crippen LogP) is 3.60. The van der Waals surface area contributed by atoms with Crippen LogP contribution in [0.25, 0.3) is 0 Å². The summed E-state index contributed by atoms with van der Waals surface area (Å²) in [5, 5.41) is 11.7. The molecule has 0 aliphatic rings. The summed E-state index contributed by atoms with van der Waals surface area (Å²) in [5.41, 5.74) is 1.87. The standard InChI is InChI=1S/C15H12ClNO3/c1-9-4-2-3-5-11(9)14(18)17-10-6-7-12(15(19)20)13(16)8-10/h2-8H,1H3,(H,17,18)(H,19,20). The van der Waals surface area contributed by atoms with Gasteiger partial charge in [0.05, 0.1) is 10.6 Å². The Kier molecular flexibility index (Phi) is 4.05. The number of hydrogen-bond donors (Lipinski definition) is 2. The molecule has 0 aliphatic heterocycles. The average molecular weight is 290 g/mol. The van der Waals surface area contributed by atoms with E-state index in [1.807, 2.05) is 19.1 Å². The molecule has 102 valence electrons. The van der Waals surface area contributed by atoms with E-state index in [-0.39, 0.29) is 16.5 Å². The van der Waals surface area contributed by atoms with Gasteiger partial charge in [-0.15, -0.1) is 0 Å². The Balaban J connectivity index is 2.23. The van der Waals surface area contributed by atoms with Gasteiger partial charge >= 0.3 is 5.97 Å². The molecule has 1 amide bonds. The molecule has 0 heterocycles. The summed E-state index contributed by atoms with van der Waals surface area (Å²) >= 11 is 5.85. The van der Waals surface area contributed by atoms with Crippen molar-refractivity contribution in [3.05, 3.63) is 64.2 Å². The van der Waals surface area contributed by atoms with Gasteiger partial charge in [-0.25, -0.2) is 4.79 Å². The number of aryl methyl sites for hydroxylation is 1. The quantitative estimate of drug-likeness (QED) is 0.907. The van der Waals surface area contributed by atoms with Crippen molar-refractivity contribution in [1.82, 2.24) is 0 Å². The fourth-order valence-corrected chi connectivity index (χ4v) is 2.05. The van der Waals surface area contributed by atoms with Crippen LogP contribution < -0.4 is 5.32 Å². The first kappa shape index (κ1) is 14.1. The molecule has 0 spiro atoms. The molecule has 0 atom stereocenters. The van der Waals surface area contributed by atoms with Gasteiger partial charge in [0.2, 0.25) is 0 Å². The smallest absolute Gasteiger partial charge is 0.337 e. The molecule has 2 aromatic rings. The maximum Gasteiger partial charge on any atom is 0.337 e. The van der Waals surface area contributed by atoms with Crippen LogP contribution in [0.15, 0.2) is 42.5 Å². The number of rotatable bonds is 3. The summed E-state index contributed by atoms with van der Waals surface area (Å²) < 4.78 is 0. The van der Waals surface area contributed by atoms with E-state index in [2.05, 4.69) is 5.32 Å². The molecule has 0 radical (unpaired) electrons. The molecule has 0 fully saturated rings. The normalized spacial score (nSPS) is 10.1. The highest BCUT2D eigenvalue weighted by molar-refractivity contribution is 6.33. The van der Waals surface area contributed by atoms with E-state index in [0.29, 0.717) is 11.3 Å². The van der Waals surface area contributed by atoms with Gasteiger partial charge in [-0.2, -0.15) is 0 Å². The zero-order valence-corrected chi connectivity index (χ0v) is 11.4. The van der Waals surface area contributed by atoms with Gasteiger partial charge in [-0.3, -0.25) is 4.79 Å². The van der Waals surface area contributed by atoms with Crippen LogP contribution in [-0.2, 0) is 0 Å². The number of halogens is 1. The molecule has 2 rings (SSSR count). The lowest BCUT2D eigenvalue weighted by Gasteiger charge is -2.08. The molecule has 4 nitrogen and oxygen atoms in total. The van der Waals surface area contributed by atoms with E-state index in [0.717, 1.165) is 5.56 Å². The molecule has 0 unspecified atom stereocenters. The first-order chi connectivity index (χ1) is 9.49. The number of carbonyl (C=O) groups is 2. The first-order valence-corrected chi connectivity index (χ1v) is 6.26. The fourth-order valence-electron chi connectivity index (χ4n) is 1.79. The second kappa shape index (κ2) is 5.75. The van der Waals surface area contributed by atoms with Gasteiger partial charge in [-0.05, 0) is 36.8 Å². The van der Waals surface area contributed by atoms with Gasteiger partial charge in [0.15, 0.2) is 0 Å². The number of carboxylic acids is 1. The van der Waals surface area contributed by atoms with Crippen molar-refractivity contribution in [1.29, 1.82) is 0 Å². The maximum absolute atomic E-state index is 12.1. The molecule has 2 N–H and O–H groups in total. The summed E-state index contributed by atoms with van der Waals surface area (Å²) in [5.74, 6) is -1.37. The molecule has 0 aromatic heterocycles. The maximum atomic E-state index is 12.1. The van der Waals surface area contributed by atoms with Crippen LogP contribution >= 0.6 is 11.6 Å². The Morgan fingerprint density at radius 3 is 2.40 bits per heavy atom. The molecular formula is C15H12ClNO3. The van der Waals surface area contributed by atoms with Gasteiger partial charge in [0, 0.05) is 11.3 Å². The number of carbonyl (C=O) groups excluding carboxylic acids is 1. The summed E-state index contributed by atoms with van der Waals surface area (Å²) in [6.07, 6.45) is 0. The monoisotopic (exact) mass is 289 g/mol. The number of benzene rings is 2. The van der Waals surface area contributed by atoms with Crippen LogP contribution in [0.1, 0.15) is 26.3 Å². The topological polar surface area (TPSA) is 66.4 Å². The van der Waals surface area contributed by atoms with Crippen LogP contribution in [0.3, 0.4) is 0 Å². The van der Waals surface area contributed by atoms with Crippen molar-refractivity contribution in [3.63, 3.8) is 0 Å². The van der Waals surface area contributed by atoms with Crippen LogP contribution in [0, 0.1) is 6.92 Å². The number of hydrogen-bond acceptors (Lipinski definition) is 2. The fraction of sp³-hybridized carbons (Fsp3) is 0.0667. The minimum Gasteiger partial charge on any atom is -0.478 e. The van der Waals surface area contributed by atoms with Crippen molar-refractivity contribution in [2.24, 2.45) is 0 Å². The third kappa shape index (κ3) is 2.97. The number of aromatic carboxylic acids is 1. The molecule has 20 heavy (non-hydrogen) atoms. The molecule has 0 bridgehead atoms.